The molecule has 3 nitrogen and oxygen atoms in total. The lowest BCUT2D eigenvalue weighted by atomic mass is 10.0. The van der Waals surface area contributed by atoms with Gasteiger partial charge in [0, 0.05) is 19.2 Å². The topological polar surface area (TPSA) is 33.2 Å². The van der Waals surface area contributed by atoms with Gasteiger partial charge in [0.15, 0.2) is 0 Å². The molecule has 0 unspecified atom stereocenters. The zero-order chi connectivity index (χ0) is 12.6. The number of rotatable bonds is 3. The number of nitrogens with zero attached hydrogens (tertiary/aromatic N) is 2. The molecule has 1 aliphatic rings. The summed E-state index contributed by atoms with van der Waals surface area (Å²) >= 11 is 0. The molecule has 0 N–H and O–H groups in total. The van der Waals surface area contributed by atoms with Crippen LogP contribution in [0.4, 0.5) is 5.82 Å². The summed E-state index contributed by atoms with van der Waals surface area (Å²) in [5.41, 5.74) is 2.46. The number of aryl methyl sites for hydroxylation is 1. The molecular weight excluding hydrogens is 212 g/mol. The zero-order valence-electron chi connectivity index (χ0n) is 11.0. The summed E-state index contributed by atoms with van der Waals surface area (Å²) in [4.78, 5) is 18.0. The van der Waals surface area contributed by atoms with E-state index in [1.54, 1.807) is 4.90 Å². The van der Waals surface area contributed by atoms with Gasteiger partial charge in [0.25, 0.3) is 0 Å². The summed E-state index contributed by atoms with van der Waals surface area (Å²) in [6, 6.07) is 2.01. The fraction of sp³-hybridized carbons (Fsp3) is 0.571. The molecule has 1 fully saturated rings. The van der Waals surface area contributed by atoms with Crippen LogP contribution >= 0.6 is 0 Å². The molecule has 0 saturated heterocycles. The first kappa shape index (κ1) is 12.1. The van der Waals surface area contributed by atoms with Gasteiger partial charge in [-0.05, 0) is 42.9 Å². The Morgan fingerprint density at radius 3 is 2.59 bits per heavy atom. The van der Waals surface area contributed by atoms with E-state index >= 15 is 0 Å². The Morgan fingerprint density at radius 2 is 2.12 bits per heavy atom. The number of carbonyl (C=O) groups is 1. The number of carbonyl (C=O) groups excluding carboxylic acids is 1. The largest absolute Gasteiger partial charge is 0.300 e. The Bertz CT molecular complexity index is 436. The van der Waals surface area contributed by atoms with Crippen molar-refractivity contribution >= 4 is 11.7 Å². The van der Waals surface area contributed by atoms with E-state index in [0.29, 0.717) is 5.92 Å². The second kappa shape index (κ2) is 4.47. The average molecular weight is 232 g/mol. The van der Waals surface area contributed by atoms with Gasteiger partial charge in [-0.15, -0.1) is 0 Å². The summed E-state index contributed by atoms with van der Waals surface area (Å²) < 4.78 is 0. The van der Waals surface area contributed by atoms with Crippen LogP contribution in [0, 0.1) is 12.8 Å². The van der Waals surface area contributed by atoms with E-state index in [1.165, 1.54) is 11.1 Å². The molecule has 0 radical (unpaired) electrons. The lowest BCUT2D eigenvalue weighted by Crippen LogP contribution is -2.28. The SMILES string of the molecule is Cc1cc(N(C)C(=O)C2CC2)ncc1C(C)C. The second-order valence-corrected chi connectivity index (χ2v) is 5.23. The molecule has 0 spiro atoms. The van der Waals surface area contributed by atoms with Crippen LogP contribution in [0.1, 0.15) is 43.7 Å². The lowest BCUT2D eigenvalue weighted by molar-refractivity contribution is -0.119. The van der Waals surface area contributed by atoms with Crippen LogP contribution in [0.2, 0.25) is 0 Å². The number of pyridine rings is 1. The first-order valence-electron chi connectivity index (χ1n) is 6.24. The maximum atomic E-state index is 11.9. The van der Waals surface area contributed by atoms with Gasteiger partial charge in [-0.2, -0.15) is 0 Å². The Morgan fingerprint density at radius 1 is 1.47 bits per heavy atom. The Kier molecular flexibility index (Phi) is 3.18. The molecule has 2 rings (SSSR count). The maximum Gasteiger partial charge on any atom is 0.230 e. The molecule has 92 valence electrons. The van der Waals surface area contributed by atoms with Gasteiger partial charge in [-0.3, -0.25) is 9.69 Å². The van der Waals surface area contributed by atoms with Crippen LogP contribution in [-0.2, 0) is 4.79 Å². The van der Waals surface area contributed by atoms with E-state index in [2.05, 4.69) is 25.8 Å². The monoisotopic (exact) mass is 232 g/mol. The summed E-state index contributed by atoms with van der Waals surface area (Å²) in [6.07, 6.45) is 3.96. The Hall–Kier alpha value is -1.38. The quantitative estimate of drug-likeness (QED) is 0.802. The molecular formula is C14H20N2O. The highest BCUT2D eigenvalue weighted by molar-refractivity contribution is 5.95. The van der Waals surface area contributed by atoms with Crippen LogP contribution in [0.25, 0.3) is 0 Å². The fourth-order valence-electron chi connectivity index (χ4n) is 2.06. The molecule has 1 aliphatic carbocycles. The first-order chi connectivity index (χ1) is 8.00. The molecule has 0 aromatic carbocycles. The summed E-state index contributed by atoms with van der Waals surface area (Å²) in [6.45, 7) is 6.39. The molecule has 0 aliphatic heterocycles. The second-order valence-electron chi connectivity index (χ2n) is 5.23. The third-order valence-corrected chi connectivity index (χ3v) is 3.36. The van der Waals surface area contributed by atoms with Crippen molar-refractivity contribution in [1.29, 1.82) is 0 Å². The summed E-state index contributed by atoms with van der Waals surface area (Å²) in [5.74, 6) is 1.69. The number of aromatic nitrogens is 1. The minimum absolute atomic E-state index is 0.203. The van der Waals surface area contributed by atoms with Crippen molar-refractivity contribution in [2.45, 2.75) is 39.5 Å². The number of amides is 1. The molecule has 17 heavy (non-hydrogen) atoms. The van der Waals surface area contributed by atoms with Crippen molar-refractivity contribution in [3.63, 3.8) is 0 Å². The molecule has 1 aromatic rings. The number of hydrogen-bond donors (Lipinski definition) is 0. The van der Waals surface area contributed by atoms with E-state index in [0.717, 1.165) is 18.7 Å². The third-order valence-electron chi connectivity index (χ3n) is 3.36. The van der Waals surface area contributed by atoms with Gasteiger partial charge in [0.2, 0.25) is 5.91 Å². The van der Waals surface area contributed by atoms with E-state index in [4.69, 9.17) is 0 Å². The fourth-order valence-corrected chi connectivity index (χ4v) is 2.06. The molecule has 1 saturated carbocycles. The molecule has 3 heteroatoms. The Balaban J connectivity index is 2.21. The lowest BCUT2D eigenvalue weighted by Gasteiger charge is -2.18. The average Bonchev–Trinajstić information content (AvgIpc) is 3.10. The molecule has 0 bridgehead atoms. The molecule has 0 atom stereocenters. The Labute approximate surface area is 103 Å². The van der Waals surface area contributed by atoms with Crippen molar-refractivity contribution in [2.24, 2.45) is 5.92 Å². The van der Waals surface area contributed by atoms with E-state index in [9.17, 15) is 4.79 Å². The summed E-state index contributed by atoms with van der Waals surface area (Å²) in [7, 11) is 1.82. The smallest absolute Gasteiger partial charge is 0.230 e. The van der Waals surface area contributed by atoms with Gasteiger partial charge in [-0.25, -0.2) is 4.98 Å². The van der Waals surface area contributed by atoms with Crippen LogP contribution in [0.5, 0.6) is 0 Å². The minimum Gasteiger partial charge on any atom is -0.300 e. The van der Waals surface area contributed by atoms with Gasteiger partial charge < -0.3 is 0 Å². The highest BCUT2D eigenvalue weighted by Crippen LogP contribution is 2.32. The zero-order valence-corrected chi connectivity index (χ0v) is 11.0. The van der Waals surface area contributed by atoms with E-state index < -0.39 is 0 Å². The molecule has 1 amide bonds. The van der Waals surface area contributed by atoms with Gasteiger partial charge in [-0.1, -0.05) is 13.8 Å². The van der Waals surface area contributed by atoms with Gasteiger partial charge in [0.05, 0.1) is 0 Å². The van der Waals surface area contributed by atoms with Crippen molar-refractivity contribution in [3.8, 4) is 0 Å². The van der Waals surface area contributed by atoms with E-state index in [-0.39, 0.29) is 11.8 Å². The van der Waals surface area contributed by atoms with Gasteiger partial charge >= 0.3 is 0 Å². The standard InChI is InChI=1S/C14H20N2O/c1-9(2)12-8-15-13(7-10(12)3)16(4)14(17)11-5-6-11/h7-9,11H,5-6H2,1-4H3. The molecule has 1 aromatic heterocycles. The molecule has 1 heterocycles. The summed E-state index contributed by atoms with van der Waals surface area (Å²) in [5, 5.41) is 0. The predicted molar refractivity (Wildman–Crippen MR) is 69.2 cm³/mol. The van der Waals surface area contributed by atoms with Gasteiger partial charge in [0.1, 0.15) is 5.82 Å². The van der Waals surface area contributed by atoms with Crippen molar-refractivity contribution < 1.29 is 4.79 Å². The first-order valence-corrected chi connectivity index (χ1v) is 6.24. The predicted octanol–water partition coefficient (Wildman–Crippen LogP) is 2.89. The third kappa shape index (κ3) is 2.48. The van der Waals surface area contributed by atoms with Crippen LogP contribution in [0.3, 0.4) is 0 Å². The number of hydrogen-bond acceptors (Lipinski definition) is 2. The number of anilines is 1. The van der Waals surface area contributed by atoms with Crippen molar-refractivity contribution in [3.05, 3.63) is 23.4 Å². The van der Waals surface area contributed by atoms with E-state index in [1.807, 2.05) is 19.3 Å². The normalized spacial score (nSPS) is 15.1. The highest BCUT2D eigenvalue weighted by atomic mass is 16.2. The minimum atomic E-state index is 0.203. The van der Waals surface area contributed by atoms with Crippen molar-refractivity contribution in [2.75, 3.05) is 11.9 Å². The van der Waals surface area contributed by atoms with Crippen LogP contribution in [0.15, 0.2) is 12.3 Å². The maximum absolute atomic E-state index is 11.9. The van der Waals surface area contributed by atoms with Crippen LogP contribution in [-0.4, -0.2) is 17.9 Å². The van der Waals surface area contributed by atoms with Crippen LogP contribution < -0.4 is 4.90 Å². The highest BCUT2D eigenvalue weighted by Gasteiger charge is 2.32. The van der Waals surface area contributed by atoms with Crippen molar-refractivity contribution in [1.82, 2.24) is 4.98 Å².